The van der Waals surface area contributed by atoms with Gasteiger partial charge in [-0.1, -0.05) is 11.2 Å². The Kier molecular flexibility index (Phi) is 6.00. The molecule has 9 heteroatoms. The van der Waals surface area contributed by atoms with Crippen LogP contribution in [-0.4, -0.2) is 61.1 Å². The number of aromatic nitrogens is 2. The van der Waals surface area contributed by atoms with Crippen LogP contribution in [0.3, 0.4) is 0 Å². The highest BCUT2D eigenvalue weighted by Crippen LogP contribution is 2.36. The number of hydrogen-bond donors (Lipinski definition) is 1. The molecule has 27 heavy (non-hydrogen) atoms. The van der Waals surface area contributed by atoms with Crippen molar-refractivity contribution >= 4 is 12.1 Å². The molecule has 0 saturated carbocycles. The number of para-hydroxylation sites is 1. The number of carbonyl (C=O) groups excluding carboxylic acids is 1. The number of carbonyl (C=O) groups is 1. The summed E-state index contributed by atoms with van der Waals surface area (Å²) in [5.74, 6) is 1.56. The van der Waals surface area contributed by atoms with Crippen molar-refractivity contribution in [3.8, 4) is 22.9 Å². The molecule has 3 rings (SSSR count). The van der Waals surface area contributed by atoms with Gasteiger partial charge in [0.05, 0.1) is 26.4 Å². The Hall–Kier alpha value is -2.97. The lowest BCUT2D eigenvalue weighted by molar-refractivity contribution is 0.0982. The number of nitrogens with one attached hydrogen (secondary N) is 1. The van der Waals surface area contributed by atoms with Gasteiger partial charge in [-0.15, -0.1) is 0 Å². The minimum absolute atomic E-state index is 0.149. The zero-order valence-corrected chi connectivity index (χ0v) is 15.7. The molecule has 146 valence electrons. The molecule has 0 radical (unpaired) electrons. The monoisotopic (exact) mass is 376 g/mol. The molecule has 0 spiro atoms. The Balaban J connectivity index is 1.64. The molecular weight excluding hydrogens is 352 g/mol. The minimum Gasteiger partial charge on any atom is -0.493 e. The van der Waals surface area contributed by atoms with Crippen LogP contribution < -0.4 is 14.8 Å². The molecule has 0 aliphatic carbocycles. The summed E-state index contributed by atoms with van der Waals surface area (Å²) in [6, 6.07) is 5.97. The molecule has 1 aliphatic rings. The second-order valence-corrected chi connectivity index (χ2v) is 6.07. The first kappa shape index (κ1) is 18.8. The molecule has 0 bridgehead atoms. The maximum atomic E-state index is 11.8. The number of benzene rings is 1. The maximum absolute atomic E-state index is 11.8. The van der Waals surface area contributed by atoms with Crippen molar-refractivity contribution in [3.63, 3.8) is 0 Å². The van der Waals surface area contributed by atoms with Gasteiger partial charge in [-0.05, 0) is 31.9 Å². The van der Waals surface area contributed by atoms with E-state index in [2.05, 4.69) is 15.5 Å². The van der Waals surface area contributed by atoms with E-state index in [9.17, 15) is 4.79 Å². The van der Waals surface area contributed by atoms with Gasteiger partial charge in [-0.2, -0.15) is 4.98 Å². The van der Waals surface area contributed by atoms with Crippen molar-refractivity contribution in [2.24, 2.45) is 0 Å². The fourth-order valence-electron chi connectivity index (χ4n) is 3.05. The molecule has 1 aliphatic heterocycles. The van der Waals surface area contributed by atoms with Gasteiger partial charge in [-0.25, -0.2) is 4.79 Å². The van der Waals surface area contributed by atoms with Crippen LogP contribution in [0.2, 0.25) is 0 Å². The van der Waals surface area contributed by atoms with Crippen LogP contribution in [0.4, 0.5) is 10.8 Å². The van der Waals surface area contributed by atoms with Crippen LogP contribution >= 0.6 is 0 Å². The average Bonchev–Trinajstić information content (AvgIpc) is 3.16. The first-order valence-electron chi connectivity index (χ1n) is 8.89. The summed E-state index contributed by atoms with van der Waals surface area (Å²) in [6.07, 6.45) is 1.29. The normalized spacial score (nSPS) is 14.7. The minimum atomic E-state index is -0.263. The molecule has 1 fully saturated rings. The smallest absolute Gasteiger partial charge is 0.409 e. The number of rotatable bonds is 6. The van der Waals surface area contributed by atoms with E-state index in [1.54, 1.807) is 32.1 Å². The van der Waals surface area contributed by atoms with Gasteiger partial charge in [0.25, 0.3) is 0 Å². The Morgan fingerprint density at radius 3 is 2.74 bits per heavy atom. The van der Waals surface area contributed by atoms with Gasteiger partial charge in [0.15, 0.2) is 11.5 Å². The molecule has 2 aromatic rings. The highest BCUT2D eigenvalue weighted by molar-refractivity contribution is 5.69. The second-order valence-electron chi connectivity index (χ2n) is 6.07. The van der Waals surface area contributed by atoms with Gasteiger partial charge in [0.2, 0.25) is 5.82 Å². The highest BCUT2D eigenvalue weighted by atomic mass is 16.6. The third-order valence-corrected chi connectivity index (χ3v) is 4.42. The number of methoxy groups -OCH3 is 2. The molecule has 1 amide bonds. The largest absolute Gasteiger partial charge is 0.493 e. The SMILES string of the molecule is CCOC(=O)N1CCC(Nc2nc(-c3cccc(OC)c3OC)no2)CC1. The lowest BCUT2D eigenvalue weighted by Crippen LogP contribution is -2.42. The predicted molar refractivity (Wildman–Crippen MR) is 98.1 cm³/mol. The first-order valence-corrected chi connectivity index (χ1v) is 8.89. The first-order chi connectivity index (χ1) is 13.2. The number of anilines is 1. The van der Waals surface area contributed by atoms with Crippen molar-refractivity contribution in [2.75, 3.05) is 39.2 Å². The number of piperidine rings is 1. The van der Waals surface area contributed by atoms with E-state index in [1.165, 1.54) is 0 Å². The van der Waals surface area contributed by atoms with Crippen molar-refractivity contribution in [2.45, 2.75) is 25.8 Å². The third kappa shape index (κ3) is 4.24. The van der Waals surface area contributed by atoms with Crippen LogP contribution in [0.5, 0.6) is 11.5 Å². The van der Waals surface area contributed by atoms with Gasteiger partial charge in [0.1, 0.15) is 0 Å². The molecule has 2 heterocycles. The fraction of sp³-hybridized carbons (Fsp3) is 0.500. The summed E-state index contributed by atoms with van der Waals surface area (Å²) in [5.41, 5.74) is 0.686. The molecule has 0 atom stereocenters. The van der Waals surface area contributed by atoms with Crippen molar-refractivity contribution < 1.29 is 23.5 Å². The average molecular weight is 376 g/mol. The Morgan fingerprint density at radius 2 is 2.07 bits per heavy atom. The fourth-order valence-corrected chi connectivity index (χ4v) is 3.05. The summed E-state index contributed by atoms with van der Waals surface area (Å²) >= 11 is 0. The summed E-state index contributed by atoms with van der Waals surface area (Å²) in [4.78, 5) is 17.9. The summed E-state index contributed by atoms with van der Waals surface area (Å²) in [6.45, 7) is 3.44. The second kappa shape index (κ2) is 8.61. The van der Waals surface area contributed by atoms with E-state index in [0.717, 1.165) is 12.8 Å². The summed E-state index contributed by atoms with van der Waals surface area (Å²) in [5, 5.41) is 7.27. The zero-order valence-electron chi connectivity index (χ0n) is 15.7. The third-order valence-electron chi connectivity index (χ3n) is 4.42. The highest BCUT2D eigenvalue weighted by Gasteiger charge is 2.25. The number of likely N-dealkylation sites (tertiary alicyclic amines) is 1. The Morgan fingerprint density at radius 1 is 1.30 bits per heavy atom. The number of amides is 1. The number of nitrogens with zero attached hydrogens (tertiary/aromatic N) is 3. The van der Waals surface area contributed by atoms with Crippen LogP contribution in [0.15, 0.2) is 22.7 Å². The van der Waals surface area contributed by atoms with Crippen LogP contribution in [0.1, 0.15) is 19.8 Å². The van der Waals surface area contributed by atoms with E-state index < -0.39 is 0 Å². The molecule has 0 unspecified atom stereocenters. The number of ether oxygens (including phenoxy) is 3. The van der Waals surface area contributed by atoms with Crippen LogP contribution in [0, 0.1) is 0 Å². The lowest BCUT2D eigenvalue weighted by atomic mass is 10.1. The van der Waals surface area contributed by atoms with Gasteiger partial charge >= 0.3 is 12.1 Å². The molecule has 1 aromatic carbocycles. The maximum Gasteiger partial charge on any atom is 0.409 e. The van der Waals surface area contributed by atoms with E-state index in [4.69, 9.17) is 18.7 Å². The summed E-state index contributed by atoms with van der Waals surface area (Å²) in [7, 11) is 3.14. The van der Waals surface area contributed by atoms with E-state index in [0.29, 0.717) is 48.6 Å². The quantitative estimate of drug-likeness (QED) is 0.822. The molecule has 1 N–H and O–H groups in total. The molecule has 1 aromatic heterocycles. The molecular formula is C18H24N4O5. The van der Waals surface area contributed by atoms with Crippen molar-refractivity contribution in [1.82, 2.24) is 15.0 Å². The lowest BCUT2D eigenvalue weighted by Gasteiger charge is -2.31. The number of hydrogen-bond acceptors (Lipinski definition) is 8. The van der Waals surface area contributed by atoms with Gasteiger partial charge in [-0.3, -0.25) is 0 Å². The van der Waals surface area contributed by atoms with Crippen molar-refractivity contribution in [1.29, 1.82) is 0 Å². The zero-order chi connectivity index (χ0) is 19.2. The van der Waals surface area contributed by atoms with Gasteiger partial charge in [0, 0.05) is 19.1 Å². The van der Waals surface area contributed by atoms with Crippen molar-refractivity contribution in [3.05, 3.63) is 18.2 Å². The van der Waals surface area contributed by atoms with E-state index >= 15 is 0 Å². The van der Waals surface area contributed by atoms with Gasteiger partial charge < -0.3 is 29.0 Å². The predicted octanol–water partition coefficient (Wildman–Crippen LogP) is 2.79. The Bertz CT molecular complexity index is 771. The van der Waals surface area contributed by atoms with Crippen LogP contribution in [0.25, 0.3) is 11.4 Å². The Labute approximate surface area is 157 Å². The van der Waals surface area contributed by atoms with E-state index in [1.807, 2.05) is 12.1 Å². The topological polar surface area (TPSA) is 99.0 Å². The standard InChI is InChI=1S/C18H24N4O5/c1-4-26-18(23)22-10-8-12(9-11-22)19-17-20-16(21-27-17)13-6-5-7-14(24-2)15(13)25-3/h5-7,12H,4,8-11H2,1-3H3,(H,19,20,21). The van der Waals surface area contributed by atoms with Crippen LogP contribution in [-0.2, 0) is 4.74 Å². The van der Waals surface area contributed by atoms with E-state index in [-0.39, 0.29) is 12.1 Å². The summed E-state index contributed by atoms with van der Waals surface area (Å²) < 4.78 is 21.1. The molecule has 9 nitrogen and oxygen atoms in total. The molecule has 1 saturated heterocycles.